The SMILES string of the molecule is CCc1nc2ccccc2c2cc3c4ccccc4ccn3c12. The van der Waals surface area contributed by atoms with Crippen molar-refractivity contribution >= 4 is 38.1 Å². The second kappa shape index (κ2) is 4.56. The largest absolute Gasteiger partial charge is 0.314 e. The fourth-order valence-electron chi connectivity index (χ4n) is 3.66. The van der Waals surface area contributed by atoms with Gasteiger partial charge in [0.1, 0.15) is 0 Å². The summed E-state index contributed by atoms with van der Waals surface area (Å²) >= 11 is 0. The molecule has 0 aliphatic rings. The smallest absolute Gasteiger partial charge is 0.0752 e. The summed E-state index contributed by atoms with van der Waals surface area (Å²) in [4.78, 5) is 4.90. The molecule has 0 bridgehead atoms. The highest BCUT2D eigenvalue weighted by atomic mass is 14.9. The number of rotatable bonds is 1. The molecule has 0 saturated carbocycles. The van der Waals surface area contributed by atoms with Crippen LogP contribution in [0.5, 0.6) is 0 Å². The summed E-state index contributed by atoms with van der Waals surface area (Å²) in [5, 5.41) is 5.09. The minimum atomic E-state index is 0.931. The van der Waals surface area contributed by atoms with Crippen LogP contribution in [0.25, 0.3) is 38.1 Å². The number of fused-ring (bicyclic) bond motifs is 7. The Balaban J connectivity index is 2.10. The van der Waals surface area contributed by atoms with Crippen molar-refractivity contribution in [2.75, 3.05) is 0 Å². The lowest BCUT2D eigenvalue weighted by molar-refractivity contribution is 1.06. The first-order valence-corrected chi connectivity index (χ1v) is 8.07. The van der Waals surface area contributed by atoms with Gasteiger partial charge in [-0.3, -0.25) is 4.98 Å². The van der Waals surface area contributed by atoms with Crippen LogP contribution in [0.2, 0.25) is 0 Å². The molecule has 2 heteroatoms. The van der Waals surface area contributed by atoms with Crippen LogP contribution in [-0.4, -0.2) is 9.38 Å². The van der Waals surface area contributed by atoms with Gasteiger partial charge < -0.3 is 4.40 Å². The molecular weight excluding hydrogens is 280 g/mol. The number of pyridine rings is 2. The molecule has 23 heavy (non-hydrogen) atoms. The molecule has 2 aromatic carbocycles. The average molecular weight is 296 g/mol. The molecule has 3 aromatic heterocycles. The lowest BCUT2D eigenvalue weighted by Crippen LogP contribution is -1.94. The summed E-state index contributed by atoms with van der Waals surface area (Å²) in [6, 6.07) is 21.5. The van der Waals surface area contributed by atoms with Gasteiger partial charge in [-0.25, -0.2) is 0 Å². The highest BCUT2D eigenvalue weighted by molar-refractivity contribution is 6.11. The number of hydrogen-bond donors (Lipinski definition) is 0. The zero-order valence-electron chi connectivity index (χ0n) is 13.0. The van der Waals surface area contributed by atoms with E-state index in [0.717, 1.165) is 17.6 Å². The van der Waals surface area contributed by atoms with Crippen molar-refractivity contribution < 1.29 is 0 Å². The molecular formula is C21H16N2. The number of benzene rings is 2. The fraction of sp³-hybridized carbons (Fsp3) is 0.0952. The van der Waals surface area contributed by atoms with Crippen LogP contribution in [0, 0.1) is 0 Å². The van der Waals surface area contributed by atoms with Gasteiger partial charge >= 0.3 is 0 Å². The van der Waals surface area contributed by atoms with Gasteiger partial charge in [0, 0.05) is 22.4 Å². The molecule has 0 unspecified atom stereocenters. The van der Waals surface area contributed by atoms with Crippen molar-refractivity contribution in [2.45, 2.75) is 13.3 Å². The highest BCUT2D eigenvalue weighted by Crippen LogP contribution is 2.32. The Kier molecular flexibility index (Phi) is 2.51. The average Bonchev–Trinajstić information content (AvgIpc) is 3.01. The van der Waals surface area contributed by atoms with Crippen LogP contribution < -0.4 is 0 Å². The zero-order chi connectivity index (χ0) is 15.4. The maximum absolute atomic E-state index is 4.90. The summed E-state index contributed by atoms with van der Waals surface area (Å²) in [7, 11) is 0. The molecule has 0 fully saturated rings. The Morgan fingerprint density at radius 3 is 2.52 bits per heavy atom. The fourth-order valence-corrected chi connectivity index (χ4v) is 3.66. The van der Waals surface area contributed by atoms with E-state index in [4.69, 9.17) is 4.98 Å². The summed E-state index contributed by atoms with van der Waals surface area (Å²) in [5.74, 6) is 0. The minimum Gasteiger partial charge on any atom is -0.314 e. The molecule has 5 aromatic rings. The monoisotopic (exact) mass is 296 g/mol. The van der Waals surface area contributed by atoms with Crippen molar-refractivity contribution in [3.05, 3.63) is 72.6 Å². The van der Waals surface area contributed by atoms with Gasteiger partial charge in [0.15, 0.2) is 0 Å². The Bertz CT molecular complexity index is 1200. The van der Waals surface area contributed by atoms with Crippen LogP contribution >= 0.6 is 0 Å². The number of hydrogen-bond acceptors (Lipinski definition) is 1. The van der Waals surface area contributed by atoms with Crippen molar-refractivity contribution in [1.29, 1.82) is 0 Å². The number of aryl methyl sites for hydroxylation is 1. The second-order valence-electron chi connectivity index (χ2n) is 5.99. The van der Waals surface area contributed by atoms with Gasteiger partial charge in [-0.05, 0) is 30.0 Å². The Morgan fingerprint density at radius 1 is 0.870 bits per heavy atom. The minimum absolute atomic E-state index is 0.931. The van der Waals surface area contributed by atoms with E-state index in [1.165, 1.54) is 32.6 Å². The third kappa shape index (κ3) is 1.66. The molecule has 0 aliphatic heterocycles. The van der Waals surface area contributed by atoms with Gasteiger partial charge in [0.2, 0.25) is 0 Å². The third-order valence-corrected chi connectivity index (χ3v) is 4.73. The van der Waals surface area contributed by atoms with Crippen molar-refractivity contribution in [1.82, 2.24) is 9.38 Å². The summed E-state index contributed by atoms with van der Waals surface area (Å²) in [6.07, 6.45) is 3.11. The van der Waals surface area contributed by atoms with Crippen LogP contribution in [-0.2, 0) is 6.42 Å². The highest BCUT2D eigenvalue weighted by Gasteiger charge is 2.13. The molecule has 0 atom stereocenters. The quantitative estimate of drug-likeness (QED) is 0.407. The van der Waals surface area contributed by atoms with Gasteiger partial charge in [0.25, 0.3) is 0 Å². The van der Waals surface area contributed by atoms with E-state index in [0.29, 0.717) is 0 Å². The van der Waals surface area contributed by atoms with E-state index in [1.54, 1.807) is 0 Å². The molecule has 2 nitrogen and oxygen atoms in total. The van der Waals surface area contributed by atoms with Gasteiger partial charge in [0.05, 0.1) is 22.2 Å². The van der Waals surface area contributed by atoms with Crippen LogP contribution in [0.15, 0.2) is 66.9 Å². The maximum atomic E-state index is 4.90. The molecule has 0 spiro atoms. The van der Waals surface area contributed by atoms with E-state index in [2.05, 4.69) is 78.2 Å². The topological polar surface area (TPSA) is 17.3 Å². The van der Waals surface area contributed by atoms with Crippen molar-refractivity contribution in [3.63, 3.8) is 0 Å². The molecule has 3 heterocycles. The summed E-state index contributed by atoms with van der Waals surface area (Å²) < 4.78 is 2.30. The Morgan fingerprint density at radius 2 is 1.65 bits per heavy atom. The number of para-hydroxylation sites is 1. The maximum Gasteiger partial charge on any atom is 0.0752 e. The van der Waals surface area contributed by atoms with Gasteiger partial charge in [-0.1, -0.05) is 49.4 Å². The van der Waals surface area contributed by atoms with E-state index in [9.17, 15) is 0 Å². The first-order valence-electron chi connectivity index (χ1n) is 8.07. The normalized spacial score (nSPS) is 11.9. The number of aromatic nitrogens is 2. The van der Waals surface area contributed by atoms with Crippen LogP contribution in [0.1, 0.15) is 12.6 Å². The zero-order valence-corrected chi connectivity index (χ0v) is 13.0. The van der Waals surface area contributed by atoms with Gasteiger partial charge in [-0.15, -0.1) is 0 Å². The molecule has 0 saturated heterocycles. The van der Waals surface area contributed by atoms with Crippen LogP contribution in [0.4, 0.5) is 0 Å². The van der Waals surface area contributed by atoms with E-state index in [1.807, 2.05) is 0 Å². The van der Waals surface area contributed by atoms with E-state index in [-0.39, 0.29) is 0 Å². The second-order valence-corrected chi connectivity index (χ2v) is 5.99. The summed E-state index contributed by atoms with van der Waals surface area (Å²) in [5.41, 5.74) is 4.74. The van der Waals surface area contributed by atoms with Crippen molar-refractivity contribution in [2.24, 2.45) is 0 Å². The molecule has 0 aliphatic carbocycles. The predicted molar refractivity (Wildman–Crippen MR) is 97.1 cm³/mol. The predicted octanol–water partition coefficient (Wildman–Crippen LogP) is 5.36. The van der Waals surface area contributed by atoms with E-state index >= 15 is 0 Å². The first-order chi connectivity index (χ1) is 11.4. The van der Waals surface area contributed by atoms with Crippen LogP contribution in [0.3, 0.4) is 0 Å². The standard InChI is InChI=1S/C21H16N2/c1-2-18-21-17(16-9-5-6-10-19(16)22-18)13-20-15-8-4-3-7-14(15)11-12-23(20)21/h3-13H,2H2,1H3. The molecule has 0 radical (unpaired) electrons. The molecule has 0 N–H and O–H groups in total. The first kappa shape index (κ1) is 12.7. The van der Waals surface area contributed by atoms with Crippen molar-refractivity contribution in [3.8, 4) is 0 Å². The Labute approximate surface area is 134 Å². The summed E-state index contributed by atoms with van der Waals surface area (Å²) in [6.45, 7) is 2.18. The molecule has 0 amide bonds. The number of nitrogens with zero attached hydrogens (tertiary/aromatic N) is 2. The van der Waals surface area contributed by atoms with E-state index < -0.39 is 0 Å². The van der Waals surface area contributed by atoms with Gasteiger partial charge in [-0.2, -0.15) is 0 Å². The third-order valence-electron chi connectivity index (χ3n) is 4.73. The molecule has 5 rings (SSSR count). The lowest BCUT2D eigenvalue weighted by atomic mass is 10.1. The molecule has 110 valence electrons. The Hall–Kier alpha value is -2.87. The lowest BCUT2D eigenvalue weighted by Gasteiger charge is -2.07.